The van der Waals surface area contributed by atoms with Gasteiger partial charge in [-0.15, -0.1) is 0 Å². The maximum atomic E-state index is 10.8. The molecule has 2 N–H and O–H groups in total. The summed E-state index contributed by atoms with van der Waals surface area (Å²) < 4.78 is 10.6. The molecule has 0 fully saturated rings. The van der Waals surface area contributed by atoms with Gasteiger partial charge < -0.3 is 15.2 Å². The molecule has 0 heterocycles. The molecule has 0 bridgehead atoms. The fourth-order valence-electron chi connectivity index (χ4n) is 1.44. The molecule has 21 heavy (non-hydrogen) atoms. The van der Waals surface area contributed by atoms with Crippen molar-refractivity contribution in [2.45, 2.75) is 6.92 Å². The smallest absolute Gasteiger partial charge is 0.255 e. The van der Waals surface area contributed by atoms with E-state index in [0.717, 1.165) is 0 Å². The summed E-state index contributed by atoms with van der Waals surface area (Å²) in [6.45, 7) is 1.83. The second-order valence-electron chi connectivity index (χ2n) is 3.79. The van der Waals surface area contributed by atoms with Crippen molar-refractivity contribution >= 4 is 23.6 Å². The molecule has 7 heteroatoms. The van der Waals surface area contributed by atoms with E-state index in [0.29, 0.717) is 17.9 Å². The number of halogens is 1. The van der Waals surface area contributed by atoms with Gasteiger partial charge >= 0.3 is 0 Å². The first kappa shape index (κ1) is 16.4. The Morgan fingerprint density at radius 2 is 1.95 bits per heavy atom. The highest BCUT2D eigenvalue weighted by atomic mass is 35.5. The quantitative estimate of drug-likeness (QED) is 0.809. The lowest BCUT2D eigenvalue weighted by Gasteiger charge is -2.12. The third kappa shape index (κ3) is 4.72. The number of benzene rings is 1. The van der Waals surface area contributed by atoms with Crippen LogP contribution in [0.2, 0.25) is 5.02 Å². The maximum Gasteiger partial charge on any atom is 0.255 e. The van der Waals surface area contributed by atoms with Crippen LogP contribution < -0.4 is 15.2 Å². The standard InChI is InChI=1S/C14H12ClN3O3/c1-2-20-12-4-10(3-9(6-16)7-17)11(15)5-13(12)21-8-14(18)19/h3-5H,2,8H2,1H3,(H2,18,19). The maximum absolute atomic E-state index is 10.8. The van der Waals surface area contributed by atoms with Gasteiger partial charge in [0, 0.05) is 6.07 Å². The molecule has 1 rings (SSSR count). The third-order valence-electron chi connectivity index (χ3n) is 2.27. The highest BCUT2D eigenvalue weighted by Gasteiger charge is 2.11. The van der Waals surface area contributed by atoms with E-state index in [1.807, 2.05) is 0 Å². The number of hydrogen-bond acceptors (Lipinski definition) is 5. The average Bonchev–Trinajstić information content (AvgIpc) is 2.45. The number of ether oxygens (including phenoxy) is 2. The number of nitriles is 2. The lowest BCUT2D eigenvalue weighted by atomic mass is 10.1. The second-order valence-corrected chi connectivity index (χ2v) is 4.20. The number of allylic oxidation sites excluding steroid dienone is 1. The van der Waals surface area contributed by atoms with E-state index < -0.39 is 5.91 Å². The summed E-state index contributed by atoms with van der Waals surface area (Å²) in [5.74, 6) is -0.0355. The number of rotatable bonds is 6. The summed E-state index contributed by atoms with van der Waals surface area (Å²) in [6.07, 6.45) is 1.34. The average molecular weight is 306 g/mol. The predicted molar refractivity (Wildman–Crippen MR) is 76.5 cm³/mol. The van der Waals surface area contributed by atoms with Gasteiger partial charge in [-0.1, -0.05) is 11.6 Å². The molecule has 6 nitrogen and oxygen atoms in total. The fraction of sp³-hybridized carbons (Fsp3) is 0.214. The third-order valence-corrected chi connectivity index (χ3v) is 2.60. The summed E-state index contributed by atoms with van der Waals surface area (Å²) in [4.78, 5) is 10.8. The molecule has 0 atom stereocenters. The molecule has 1 amide bonds. The minimum atomic E-state index is -0.631. The molecule has 1 aromatic carbocycles. The van der Waals surface area contributed by atoms with Crippen molar-refractivity contribution in [2.24, 2.45) is 5.73 Å². The first-order valence-electron chi connectivity index (χ1n) is 5.91. The number of nitrogens with zero attached hydrogens (tertiary/aromatic N) is 2. The number of primary amides is 1. The molecule has 0 unspecified atom stereocenters. The van der Waals surface area contributed by atoms with Crippen LogP contribution in [0, 0.1) is 22.7 Å². The molecule has 0 aromatic heterocycles. The summed E-state index contributed by atoms with van der Waals surface area (Å²) in [5, 5.41) is 17.8. The van der Waals surface area contributed by atoms with Crippen molar-refractivity contribution in [3.05, 3.63) is 28.3 Å². The topological polar surface area (TPSA) is 109 Å². The molecule has 0 aliphatic carbocycles. The lowest BCUT2D eigenvalue weighted by molar-refractivity contribution is -0.119. The molecule has 1 aromatic rings. The molecule has 108 valence electrons. The van der Waals surface area contributed by atoms with Gasteiger partial charge in [0.05, 0.1) is 11.6 Å². The number of carbonyl (C=O) groups is 1. The summed E-state index contributed by atoms with van der Waals surface area (Å²) in [5.41, 5.74) is 5.36. The molecule has 0 spiro atoms. The van der Waals surface area contributed by atoms with Crippen molar-refractivity contribution in [3.63, 3.8) is 0 Å². The van der Waals surface area contributed by atoms with E-state index in [9.17, 15) is 4.79 Å². The van der Waals surface area contributed by atoms with Gasteiger partial charge in [-0.05, 0) is 24.6 Å². The minimum Gasteiger partial charge on any atom is -0.490 e. The zero-order chi connectivity index (χ0) is 15.8. The fourth-order valence-corrected chi connectivity index (χ4v) is 1.64. The molecule has 0 aliphatic heterocycles. The van der Waals surface area contributed by atoms with Crippen LogP contribution in [0.15, 0.2) is 17.7 Å². The Labute approximate surface area is 126 Å². The molecule has 0 radical (unpaired) electrons. The normalized spacial score (nSPS) is 9.14. The number of hydrogen-bond donors (Lipinski definition) is 1. The summed E-state index contributed by atoms with van der Waals surface area (Å²) in [7, 11) is 0. The highest BCUT2D eigenvalue weighted by Crippen LogP contribution is 2.34. The van der Waals surface area contributed by atoms with Crippen molar-refractivity contribution < 1.29 is 14.3 Å². The molecular formula is C14H12ClN3O3. The zero-order valence-corrected chi connectivity index (χ0v) is 12.0. The first-order valence-corrected chi connectivity index (χ1v) is 6.29. The van der Waals surface area contributed by atoms with Gasteiger partial charge in [-0.2, -0.15) is 10.5 Å². The Kier molecular flexibility index (Phi) is 6.06. The number of nitrogens with two attached hydrogens (primary N) is 1. The van der Waals surface area contributed by atoms with E-state index in [2.05, 4.69) is 0 Å². The second kappa shape index (κ2) is 7.78. The Bertz CT molecular complexity index is 641. The molecule has 0 aliphatic rings. The van der Waals surface area contributed by atoms with Crippen molar-refractivity contribution in [3.8, 4) is 23.6 Å². The van der Waals surface area contributed by atoms with Crippen LogP contribution in [0.1, 0.15) is 12.5 Å². The van der Waals surface area contributed by atoms with Gasteiger partial charge in [0.2, 0.25) is 0 Å². The Morgan fingerprint density at radius 1 is 1.33 bits per heavy atom. The van der Waals surface area contributed by atoms with Gasteiger partial charge in [0.25, 0.3) is 5.91 Å². The minimum absolute atomic E-state index is 0.0925. The van der Waals surface area contributed by atoms with Crippen molar-refractivity contribution in [1.29, 1.82) is 10.5 Å². The van der Waals surface area contributed by atoms with E-state index in [4.69, 9.17) is 37.3 Å². The number of amides is 1. The van der Waals surface area contributed by atoms with E-state index in [-0.39, 0.29) is 23.0 Å². The van der Waals surface area contributed by atoms with Gasteiger partial charge in [-0.25, -0.2) is 0 Å². The van der Waals surface area contributed by atoms with Crippen LogP contribution in [0.4, 0.5) is 0 Å². The van der Waals surface area contributed by atoms with Crippen LogP contribution in [-0.4, -0.2) is 19.1 Å². The molecule has 0 saturated carbocycles. The monoisotopic (exact) mass is 305 g/mol. The zero-order valence-electron chi connectivity index (χ0n) is 11.2. The van der Waals surface area contributed by atoms with Crippen LogP contribution >= 0.6 is 11.6 Å². The van der Waals surface area contributed by atoms with Crippen LogP contribution in [0.25, 0.3) is 6.08 Å². The number of carbonyl (C=O) groups excluding carboxylic acids is 1. The van der Waals surface area contributed by atoms with E-state index in [1.54, 1.807) is 19.1 Å². The molecule has 0 saturated heterocycles. The van der Waals surface area contributed by atoms with E-state index >= 15 is 0 Å². The molecular weight excluding hydrogens is 294 g/mol. The van der Waals surface area contributed by atoms with Gasteiger partial charge in [0.1, 0.15) is 17.7 Å². The van der Waals surface area contributed by atoms with E-state index in [1.165, 1.54) is 18.2 Å². The SMILES string of the molecule is CCOc1cc(C=C(C#N)C#N)c(Cl)cc1OCC(N)=O. The predicted octanol–water partition coefficient (Wildman–Crippen LogP) is 2.03. The first-order chi connectivity index (χ1) is 10.0. The summed E-state index contributed by atoms with van der Waals surface area (Å²) >= 11 is 6.06. The highest BCUT2D eigenvalue weighted by molar-refractivity contribution is 6.32. The summed E-state index contributed by atoms with van der Waals surface area (Å²) in [6, 6.07) is 6.45. The van der Waals surface area contributed by atoms with Crippen molar-refractivity contribution in [2.75, 3.05) is 13.2 Å². The van der Waals surface area contributed by atoms with Crippen molar-refractivity contribution in [1.82, 2.24) is 0 Å². The van der Waals surface area contributed by atoms with Crippen LogP contribution in [0.3, 0.4) is 0 Å². The Morgan fingerprint density at radius 3 is 2.48 bits per heavy atom. The largest absolute Gasteiger partial charge is 0.490 e. The lowest BCUT2D eigenvalue weighted by Crippen LogP contribution is -2.20. The van der Waals surface area contributed by atoms with Gasteiger partial charge in [-0.3, -0.25) is 4.79 Å². The van der Waals surface area contributed by atoms with Crippen LogP contribution in [0.5, 0.6) is 11.5 Å². The van der Waals surface area contributed by atoms with Crippen LogP contribution in [-0.2, 0) is 4.79 Å². The van der Waals surface area contributed by atoms with Gasteiger partial charge in [0.15, 0.2) is 18.1 Å². The Hall–Kier alpha value is -2.70. The Balaban J connectivity index is 3.24.